The fourth-order valence-corrected chi connectivity index (χ4v) is 3.09. The van der Waals surface area contributed by atoms with Gasteiger partial charge in [0.15, 0.2) is 0 Å². The summed E-state index contributed by atoms with van der Waals surface area (Å²) in [6, 6.07) is 13.2. The number of rotatable bonds is 5. The number of benzene rings is 1. The summed E-state index contributed by atoms with van der Waals surface area (Å²) in [4.78, 5) is 12.9. The predicted octanol–water partition coefficient (Wildman–Crippen LogP) is 4.57. The van der Waals surface area contributed by atoms with Crippen molar-refractivity contribution in [3.8, 4) is 11.1 Å². The van der Waals surface area contributed by atoms with E-state index in [2.05, 4.69) is 58.4 Å². The fraction of sp³-hybridized carbons (Fsp3) is 0.286. The highest BCUT2D eigenvalue weighted by atomic mass is 15.0. The van der Waals surface area contributed by atoms with E-state index >= 15 is 0 Å². The van der Waals surface area contributed by atoms with Crippen LogP contribution in [0.25, 0.3) is 11.1 Å². The van der Waals surface area contributed by atoms with Crippen molar-refractivity contribution in [1.82, 2.24) is 20.3 Å². The SMILES string of the molecule is Cc1ncc([C@H](C)N[C@@H](C)c2ccc(-c3ccncc3)cc2)c(C)n1. The average molecular weight is 332 g/mol. The number of pyridine rings is 1. The van der Waals surface area contributed by atoms with Gasteiger partial charge in [0.25, 0.3) is 0 Å². The van der Waals surface area contributed by atoms with Crippen molar-refractivity contribution in [3.05, 3.63) is 77.6 Å². The number of aromatic nitrogens is 3. The lowest BCUT2D eigenvalue weighted by Crippen LogP contribution is -2.23. The summed E-state index contributed by atoms with van der Waals surface area (Å²) >= 11 is 0. The van der Waals surface area contributed by atoms with Crippen LogP contribution < -0.4 is 5.32 Å². The van der Waals surface area contributed by atoms with E-state index in [1.807, 2.05) is 44.6 Å². The Morgan fingerprint density at radius 3 is 2.12 bits per heavy atom. The minimum Gasteiger partial charge on any atom is -0.304 e. The van der Waals surface area contributed by atoms with Crippen LogP contribution in [0.15, 0.2) is 55.0 Å². The van der Waals surface area contributed by atoms with E-state index in [0.29, 0.717) is 0 Å². The van der Waals surface area contributed by atoms with Crippen LogP contribution in [0.3, 0.4) is 0 Å². The van der Waals surface area contributed by atoms with Crippen LogP contribution in [0, 0.1) is 13.8 Å². The third-order valence-electron chi connectivity index (χ3n) is 4.53. The summed E-state index contributed by atoms with van der Waals surface area (Å²) < 4.78 is 0. The molecule has 0 spiro atoms. The van der Waals surface area contributed by atoms with Crippen LogP contribution in [0.5, 0.6) is 0 Å². The molecule has 0 aliphatic heterocycles. The zero-order chi connectivity index (χ0) is 17.8. The van der Waals surface area contributed by atoms with Gasteiger partial charge in [-0.15, -0.1) is 0 Å². The van der Waals surface area contributed by atoms with E-state index in [1.54, 1.807) is 0 Å². The monoisotopic (exact) mass is 332 g/mol. The first kappa shape index (κ1) is 17.2. The van der Waals surface area contributed by atoms with Crippen LogP contribution in [-0.4, -0.2) is 15.0 Å². The van der Waals surface area contributed by atoms with Crippen molar-refractivity contribution in [3.63, 3.8) is 0 Å². The van der Waals surface area contributed by atoms with Crippen molar-refractivity contribution in [2.45, 2.75) is 39.8 Å². The highest BCUT2D eigenvalue weighted by molar-refractivity contribution is 5.62. The van der Waals surface area contributed by atoms with Gasteiger partial charge < -0.3 is 5.32 Å². The van der Waals surface area contributed by atoms with Crippen LogP contribution in [0.1, 0.15) is 48.6 Å². The van der Waals surface area contributed by atoms with Crippen molar-refractivity contribution < 1.29 is 0 Å². The summed E-state index contributed by atoms with van der Waals surface area (Å²) in [7, 11) is 0. The molecule has 25 heavy (non-hydrogen) atoms. The molecule has 0 saturated carbocycles. The molecule has 0 aliphatic rings. The second-order valence-electron chi connectivity index (χ2n) is 6.43. The number of hydrogen-bond acceptors (Lipinski definition) is 4. The van der Waals surface area contributed by atoms with E-state index < -0.39 is 0 Å². The summed E-state index contributed by atoms with van der Waals surface area (Å²) in [5.41, 5.74) is 5.83. The summed E-state index contributed by atoms with van der Waals surface area (Å²) in [6.07, 6.45) is 5.57. The molecule has 0 fully saturated rings. The Labute approximate surface area is 149 Å². The van der Waals surface area contributed by atoms with Gasteiger partial charge in [-0.05, 0) is 56.5 Å². The van der Waals surface area contributed by atoms with Gasteiger partial charge in [0.2, 0.25) is 0 Å². The van der Waals surface area contributed by atoms with Crippen LogP contribution in [0.4, 0.5) is 0 Å². The Morgan fingerprint density at radius 2 is 1.48 bits per heavy atom. The summed E-state index contributed by atoms with van der Waals surface area (Å²) in [5.74, 6) is 0.813. The smallest absolute Gasteiger partial charge is 0.125 e. The summed E-state index contributed by atoms with van der Waals surface area (Å²) in [6.45, 7) is 8.30. The maximum atomic E-state index is 4.46. The lowest BCUT2D eigenvalue weighted by atomic mass is 10.0. The van der Waals surface area contributed by atoms with Crippen LogP contribution in [0.2, 0.25) is 0 Å². The molecule has 0 aliphatic carbocycles. The second-order valence-corrected chi connectivity index (χ2v) is 6.43. The third-order valence-corrected chi connectivity index (χ3v) is 4.53. The molecule has 0 radical (unpaired) electrons. The Morgan fingerprint density at radius 1 is 0.840 bits per heavy atom. The number of nitrogens with zero attached hydrogens (tertiary/aromatic N) is 3. The topological polar surface area (TPSA) is 50.7 Å². The molecule has 2 atom stereocenters. The molecule has 2 heterocycles. The minimum atomic E-state index is 0.190. The lowest BCUT2D eigenvalue weighted by molar-refractivity contribution is 0.490. The van der Waals surface area contributed by atoms with Crippen molar-refractivity contribution in [2.75, 3.05) is 0 Å². The molecular formula is C21H24N4. The standard InChI is InChI=1S/C21H24N4/c1-14(24-15(2)21-13-23-17(4)25-16(21)3)18-5-7-19(8-6-18)20-9-11-22-12-10-20/h5-15,24H,1-4H3/t14-,15-/m0/s1. The molecule has 0 saturated heterocycles. The van der Waals surface area contributed by atoms with Crippen LogP contribution in [-0.2, 0) is 0 Å². The van der Waals surface area contributed by atoms with Gasteiger partial charge >= 0.3 is 0 Å². The second kappa shape index (κ2) is 7.53. The van der Waals surface area contributed by atoms with Gasteiger partial charge in [-0.1, -0.05) is 24.3 Å². The summed E-state index contributed by atoms with van der Waals surface area (Å²) in [5, 5.41) is 3.64. The van der Waals surface area contributed by atoms with Gasteiger partial charge in [-0.2, -0.15) is 0 Å². The van der Waals surface area contributed by atoms with Crippen molar-refractivity contribution in [2.24, 2.45) is 0 Å². The highest BCUT2D eigenvalue weighted by Crippen LogP contribution is 2.24. The number of hydrogen-bond donors (Lipinski definition) is 1. The first-order valence-electron chi connectivity index (χ1n) is 8.61. The normalized spacial score (nSPS) is 13.4. The quantitative estimate of drug-likeness (QED) is 0.744. The molecule has 0 unspecified atom stereocenters. The zero-order valence-electron chi connectivity index (χ0n) is 15.2. The highest BCUT2D eigenvalue weighted by Gasteiger charge is 2.14. The van der Waals surface area contributed by atoms with E-state index in [9.17, 15) is 0 Å². The molecule has 128 valence electrons. The molecule has 0 bridgehead atoms. The van der Waals surface area contributed by atoms with Gasteiger partial charge in [0, 0.05) is 41.9 Å². The Hall–Kier alpha value is -2.59. The van der Waals surface area contributed by atoms with E-state index in [4.69, 9.17) is 0 Å². The Kier molecular flexibility index (Phi) is 5.19. The Bertz CT molecular complexity index is 828. The number of aryl methyl sites for hydroxylation is 2. The first-order chi connectivity index (χ1) is 12.0. The molecule has 4 heteroatoms. The average Bonchev–Trinajstić information content (AvgIpc) is 2.62. The van der Waals surface area contributed by atoms with E-state index in [1.165, 1.54) is 16.7 Å². The molecule has 1 aromatic carbocycles. The number of nitrogens with one attached hydrogen (secondary N) is 1. The van der Waals surface area contributed by atoms with Gasteiger partial charge in [-0.25, -0.2) is 9.97 Å². The van der Waals surface area contributed by atoms with Crippen molar-refractivity contribution >= 4 is 0 Å². The molecule has 3 rings (SSSR count). The lowest BCUT2D eigenvalue weighted by Gasteiger charge is -2.22. The maximum absolute atomic E-state index is 4.46. The molecule has 2 aromatic heterocycles. The van der Waals surface area contributed by atoms with E-state index in [0.717, 1.165) is 17.1 Å². The van der Waals surface area contributed by atoms with Gasteiger partial charge in [-0.3, -0.25) is 4.98 Å². The fourth-order valence-electron chi connectivity index (χ4n) is 3.09. The third kappa shape index (κ3) is 4.09. The van der Waals surface area contributed by atoms with Gasteiger partial charge in [0.05, 0.1) is 0 Å². The van der Waals surface area contributed by atoms with Crippen molar-refractivity contribution in [1.29, 1.82) is 0 Å². The molecule has 0 amide bonds. The van der Waals surface area contributed by atoms with Crippen LogP contribution >= 0.6 is 0 Å². The first-order valence-corrected chi connectivity index (χ1v) is 8.61. The largest absolute Gasteiger partial charge is 0.304 e. The van der Waals surface area contributed by atoms with Gasteiger partial charge in [0.1, 0.15) is 5.82 Å². The molecule has 3 aromatic rings. The maximum Gasteiger partial charge on any atom is 0.125 e. The minimum absolute atomic E-state index is 0.190. The molecule has 1 N–H and O–H groups in total. The predicted molar refractivity (Wildman–Crippen MR) is 101 cm³/mol. The molecular weight excluding hydrogens is 308 g/mol. The Balaban J connectivity index is 1.71. The zero-order valence-corrected chi connectivity index (χ0v) is 15.2. The van der Waals surface area contributed by atoms with E-state index in [-0.39, 0.29) is 12.1 Å². The molecule has 4 nitrogen and oxygen atoms in total.